The van der Waals surface area contributed by atoms with Gasteiger partial charge in [-0.1, -0.05) is 0 Å². The highest BCUT2D eigenvalue weighted by Crippen LogP contribution is 2.43. The van der Waals surface area contributed by atoms with Gasteiger partial charge in [-0.15, -0.1) is 4.00 Å². The highest BCUT2D eigenvalue weighted by Gasteiger charge is 2.47. The molecule has 5 nitrogen and oxygen atoms in total. The number of nitrogens with zero attached hydrogens (tertiary/aromatic N) is 4. The lowest BCUT2D eigenvalue weighted by molar-refractivity contribution is -0.595. The van der Waals surface area contributed by atoms with Crippen molar-refractivity contribution < 1.29 is 8.80 Å². The molecule has 0 radical (unpaired) electrons. The summed E-state index contributed by atoms with van der Waals surface area (Å²) in [5.41, 5.74) is 1.85. The van der Waals surface area contributed by atoms with Gasteiger partial charge in [0, 0.05) is 40.9 Å². The standard InChI is InChI=1S/C14H15BrClN4O/c15-14-18-13(11-7-17-5-6-20(11,14)16)9-1-2-10-3-4-12(21)19(10)8-9/h5-7,9-10H,1-4,8H2/q+1/t9-,10+,20?/m1/s1. The number of aliphatic imine (C=N–C) groups is 2. The van der Waals surface area contributed by atoms with E-state index in [-0.39, 0.29) is 15.8 Å². The number of carbonyl (C=O) groups excluding carboxylic acids is 1. The van der Waals surface area contributed by atoms with Crippen LogP contribution < -0.4 is 0 Å². The lowest BCUT2D eigenvalue weighted by Crippen LogP contribution is -2.42. The lowest BCUT2D eigenvalue weighted by Gasteiger charge is -2.35. The van der Waals surface area contributed by atoms with E-state index in [4.69, 9.17) is 11.8 Å². The summed E-state index contributed by atoms with van der Waals surface area (Å²) in [6, 6.07) is 0.434. The van der Waals surface area contributed by atoms with Crippen LogP contribution in [0, 0.1) is 5.92 Å². The molecule has 0 spiro atoms. The van der Waals surface area contributed by atoms with Crippen LogP contribution in [0.25, 0.3) is 0 Å². The Morgan fingerprint density at radius 3 is 3.10 bits per heavy atom. The van der Waals surface area contributed by atoms with Gasteiger partial charge in [0.05, 0.1) is 12.4 Å². The summed E-state index contributed by atoms with van der Waals surface area (Å²) in [6.07, 6.45) is 9.04. The number of halogens is 2. The summed E-state index contributed by atoms with van der Waals surface area (Å²) in [4.78, 5) is 22.8. The largest absolute Gasteiger partial charge is 0.339 e. The Bertz CT molecular complexity index is 641. The van der Waals surface area contributed by atoms with E-state index in [1.54, 1.807) is 18.6 Å². The number of carbonyl (C=O) groups is 1. The normalized spacial score (nSPS) is 37.9. The van der Waals surface area contributed by atoms with Gasteiger partial charge in [-0.05, 0) is 19.3 Å². The molecule has 0 aromatic heterocycles. The second-order valence-corrected chi connectivity index (χ2v) is 7.12. The van der Waals surface area contributed by atoms with Crippen LogP contribution in [0.15, 0.2) is 33.8 Å². The SMILES string of the molecule is O=C1CC[C@@H]2CC[C@@H](C3=C4C=NC=C[N+]4(Cl)C(Br)=N3)CN12. The van der Waals surface area contributed by atoms with Crippen LogP contribution in [0.2, 0.25) is 0 Å². The molecule has 4 aliphatic rings. The van der Waals surface area contributed by atoms with Crippen molar-refractivity contribution >= 4 is 44.6 Å². The lowest BCUT2D eigenvalue weighted by atomic mass is 9.90. The summed E-state index contributed by atoms with van der Waals surface area (Å²) >= 11 is 10.1. The molecule has 0 aliphatic carbocycles. The molecule has 1 unspecified atom stereocenters. The third-order valence-electron chi connectivity index (χ3n) is 4.75. The number of piperidine rings is 1. The zero-order chi connectivity index (χ0) is 14.6. The number of hydrogen-bond donors (Lipinski definition) is 0. The van der Waals surface area contributed by atoms with E-state index in [9.17, 15) is 4.79 Å². The zero-order valence-electron chi connectivity index (χ0n) is 11.4. The Labute approximate surface area is 136 Å². The fourth-order valence-electron chi connectivity index (χ4n) is 3.62. The monoisotopic (exact) mass is 369 g/mol. The molecule has 0 aromatic carbocycles. The van der Waals surface area contributed by atoms with Crippen molar-refractivity contribution in [2.45, 2.75) is 31.7 Å². The number of fused-ring (bicyclic) bond motifs is 2. The van der Waals surface area contributed by atoms with Gasteiger partial charge in [0.2, 0.25) is 11.6 Å². The molecule has 3 atom stereocenters. The summed E-state index contributed by atoms with van der Waals surface area (Å²) < 4.78 is 0.679. The maximum atomic E-state index is 12.0. The average molecular weight is 371 g/mol. The predicted octanol–water partition coefficient (Wildman–Crippen LogP) is 2.89. The molecule has 0 bridgehead atoms. The van der Waals surface area contributed by atoms with Crippen molar-refractivity contribution in [3.8, 4) is 0 Å². The molecule has 1 amide bonds. The molecule has 4 rings (SSSR count). The van der Waals surface area contributed by atoms with Crippen LogP contribution in [0.5, 0.6) is 0 Å². The number of allylic oxidation sites excluding steroid dienone is 1. The number of rotatable bonds is 1. The fourth-order valence-corrected chi connectivity index (χ4v) is 4.34. The number of amides is 1. The number of hydrogen-bond acceptors (Lipinski definition) is 3. The van der Waals surface area contributed by atoms with Crippen molar-refractivity contribution in [2.24, 2.45) is 15.9 Å². The maximum absolute atomic E-state index is 12.0. The summed E-state index contributed by atoms with van der Waals surface area (Å²) in [6.45, 7) is 0.751. The zero-order valence-corrected chi connectivity index (χ0v) is 13.7. The molecule has 4 aliphatic heterocycles. The van der Waals surface area contributed by atoms with E-state index >= 15 is 0 Å². The van der Waals surface area contributed by atoms with E-state index in [1.165, 1.54) is 0 Å². The van der Waals surface area contributed by atoms with E-state index in [2.05, 4.69) is 25.9 Å². The first kappa shape index (κ1) is 13.7. The number of amidine groups is 1. The molecular formula is C14H15BrClN4O+. The minimum Gasteiger partial charge on any atom is -0.339 e. The Morgan fingerprint density at radius 1 is 1.38 bits per heavy atom. The van der Waals surface area contributed by atoms with Crippen LogP contribution in [0.3, 0.4) is 0 Å². The van der Waals surface area contributed by atoms with Crippen molar-refractivity contribution in [3.63, 3.8) is 0 Å². The quantitative estimate of drug-likeness (QED) is 0.517. The molecule has 4 heterocycles. The van der Waals surface area contributed by atoms with E-state index in [1.807, 2.05) is 4.90 Å². The van der Waals surface area contributed by atoms with Crippen LogP contribution in [-0.2, 0) is 4.79 Å². The van der Waals surface area contributed by atoms with Gasteiger partial charge in [0.15, 0.2) is 11.8 Å². The van der Waals surface area contributed by atoms with E-state index < -0.39 is 0 Å². The van der Waals surface area contributed by atoms with Crippen LogP contribution in [0.4, 0.5) is 0 Å². The molecule has 0 aromatic rings. The second-order valence-electron chi connectivity index (χ2n) is 5.88. The van der Waals surface area contributed by atoms with Crippen molar-refractivity contribution in [3.05, 3.63) is 23.8 Å². The first-order valence-corrected chi connectivity index (χ1v) is 8.31. The average Bonchev–Trinajstić information content (AvgIpc) is 2.98. The molecule has 2 saturated heterocycles. The van der Waals surface area contributed by atoms with Gasteiger partial charge in [-0.3, -0.25) is 9.79 Å². The topological polar surface area (TPSA) is 45.0 Å². The molecule has 0 saturated carbocycles. The summed E-state index contributed by atoms with van der Waals surface area (Å²) in [5, 5.41) is 0. The molecule has 21 heavy (non-hydrogen) atoms. The fraction of sp³-hybridized carbons (Fsp3) is 0.500. The Hall–Kier alpha value is -0.980. The van der Waals surface area contributed by atoms with Gasteiger partial charge in [-0.2, -0.15) is 4.99 Å². The molecule has 0 N–H and O–H groups in total. The van der Waals surface area contributed by atoms with Crippen LogP contribution in [-0.4, -0.2) is 38.4 Å². The van der Waals surface area contributed by atoms with Gasteiger partial charge in [-0.25, -0.2) is 0 Å². The first-order valence-electron chi connectivity index (χ1n) is 7.18. The van der Waals surface area contributed by atoms with Gasteiger partial charge >= 0.3 is 0 Å². The highest BCUT2D eigenvalue weighted by molar-refractivity contribution is 9.18. The molecular weight excluding hydrogens is 356 g/mol. The van der Waals surface area contributed by atoms with Crippen LogP contribution >= 0.6 is 27.7 Å². The highest BCUT2D eigenvalue weighted by atomic mass is 79.9. The van der Waals surface area contributed by atoms with Gasteiger partial charge in [0.1, 0.15) is 11.9 Å². The van der Waals surface area contributed by atoms with Crippen LogP contribution in [0.1, 0.15) is 25.7 Å². The summed E-state index contributed by atoms with van der Waals surface area (Å²) in [7, 11) is 0. The third kappa shape index (κ3) is 1.96. The Balaban J connectivity index is 1.68. The van der Waals surface area contributed by atoms with Crippen molar-refractivity contribution in [1.29, 1.82) is 0 Å². The molecule has 2 fully saturated rings. The summed E-state index contributed by atoms with van der Waals surface area (Å²) in [5.74, 6) is 0.516. The Kier molecular flexibility index (Phi) is 3.10. The third-order valence-corrected chi connectivity index (χ3v) is 6.15. The minimum atomic E-state index is 0.0205. The Morgan fingerprint density at radius 2 is 2.24 bits per heavy atom. The number of quaternary nitrogens is 1. The van der Waals surface area contributed by atoms with Crippen molar-refractivity contribution in [2.75, 3.05) is 6.54 Å². The predicted molar refractivity (Wildman–Crippen MR) is 84.6 cm³/mol. The molecule has 110 valence electrons. The van der Waals surface area contributed by atoms with E-state index in [0.717, 1.165) is 37.2 Å². The first-order chi connectivity index (χ1) is 10.1. The molecule has 7 heteroatoms. The second kappa shape index (κ2) is 4.76. The smallest absolute Gasteiger partial charge is 0.299 e. The van der Waals surface area contributed by atoms with Gasteiger partial charge < -0.3 is 4.90 Å². The van der Waals surface area contributed by atoms with Gasteiger partial charge in [0.25, 0.3) is 4.74 Å². The maximum Gasteiger partial charge on any atom is 0.299 e. The van der Waals surface area contributed by atoms with Crippen molar-refractivity contribution in [1.82, 2.24) is 4.90 Å². The minimum absolute atomic E-state index is 0.0205. The van der Waals surface area contributed by atoms with E-state index in [0.29, 0.717) is 17.2 Å².